The summed E-state index contributed by atoms with van der Waals surface area (Å²) in [6.45, 7) is 0.585. The van der Waals surface area contributed by atoms with Crippen LogP contribution in [0.2, 0.25) is 0 Å². The summed E-state index contributed by atoms with van der Waals surface area (Å²) in [5, 5.41) is 17.4. The summed E-state index contributed by atoms with van der Waals surface area (Å²) in [6, 6.07) is 0. The minimum absolute atomic E-state index is 0.0155. The standard InChI is InChI=1S/C9H12N4O2/c1-3-4-5-6-10-9-8(13(14)15)7-12(2)11-9/h1,7H,4-6H2,2H3,(H,10,11). The molecule has 0 aromatic carbocycles. The van der Waals surface area contributed by atoms with E-state index in [1.807, 2.05) is 0 Å². The average molecular weight is 208 g/mol. The summed E-state index contributed by atoms with van der Waals surface area (Å²) in [6.07, 6.45) is 7.86. The van der Waals surface area contributed by atoms with Gasteiger partial charge in [0.1, 0.15) is 6.20 Å². The zero-order valence-electron chi connectivity index (χ0n) is 8.43. The average Bonchev–Trinajstić information content (AvgIpc) is 2.55. The highest BCUT2D eigenvalue weighted by molar-refractivity contribution is 5.54. The number of terminal acetylenes is 1. The fourth-order valence-electron chi connectivity index (χ4n) is 1.13. The van der Waals surface area contributed by atoms with Crippen LogP contribution in [0.25, 0.3) is 0 Å². The van der Waals surface area contributed by atoms with Gasteiger partial charge in [0.2, 0.25) is 5.82 Å². The summed E-state index contributed by atoms with van der Waals surface area (Å²) in [7, 11) is 1.64. The van der Waals surface area contributed by atoms with Gasteiger partial charge in [0.15, 0.2) is 0 Å². The van der Waals surface area contributed by atoms with Crippen LogP contribution in [-0.4, -0.2) is 21.2 Å². The van der Waals surface area contributed by atoms with Crippen LogP contribution in [0.1, 0.15) is 12.8 Å². The highest BCUT2D eigenvalue weighted by Gasteiger charge is 2.17. The smallest absolute Gasteiger partial charge is 0.330 e. The van der Waals surface area contributed by atoms with Crippen LogP contribution < -0.4 is 5.32 Å². The van der Waals surface area contributed by atoms with Gasteiger partial charge < -0.3 is 5.32 Å². The van der Waals surface area contributed by atoms with Crippen LogP contribution in [0.4, 0.5) is 11.5 Å². The summed E-state index contributed by atoms with van der Waals surface area (Å²) in [4.78, 5) is 10.1. The van der Waals surface area contributed by atoms with Crippen molar-refractivity contribution in [2.24, 2.45) is 7.05 Å². The molecular formula is C9H12N4O2. The molecule has 80 valence electrons. The van der Waals surface area contributed by atoms with Crippen molar-refractivity contribution in [3.63, 3.8) is 0 Å². The van der Waals surface area contributed by atoms with Gasteiger partial charge in [-0.25, -0.2) is 0 Å². The van der Waals surface area contributed by atoms with E-state index < -0.39 is 4.92 Å². The molecule has 0 aliphatic heterocycles. The first-order chi connectivity index (χ1) is 7.15. The molecule has 1 aromatic rings. The highest BCUT2D eigenvalue weighted by Crippen LogP contribution is 2.21. The number of anilines is 1. The van der Waals surface area contributed by atoms with Crippen LogP contribution in [0, 0.1) is 22.5 Å². The molecule has 0 spiro atoms. The monoisotopic (exact) mass is 208 g/mol. The molecule has 0 atom stereocenters. The molecule has 0 bridgehead atoms. The molecule has 1 N–H and O–H groups in total. The Morgan fingerprint density at radius 1 is 1.80 bits per heavy atom. The fourth-order valence-corrected chi connectivity index (χ4v) is 1.13. The first-order valence-corrected chi connectivity index (χ1v) is 4.50. The number of nitrogens with one attached hydrogen (secondary N) is 1. The Morgan fingerprint density at radius 3 is 3.13 bits per heavy atom. The van der Waals surface area contributed by atoms with Gasteiger partial charge in [-0.15, -0.1) is 17.4 Å². The molecular weight excluding hydrogens is 196 g/mol. The predicted octanol–water partition coefficient (Wildman–Crippen LogP) is 1.15. The minimum atomic E-state index is -0.462. The Morgan fingerprint density at radius 2 is 2.53 bits per heavy atom. The number of unbranched alkanes of at least 4 members (excludes halogenated alkanes) is 1. The Kier molecular flexibility index (Phi) is 3.68. The quantitative estimate of drug-likeness (QED) is 0.341. The van der Waals surface area contributed by atoms with Crippen LogP contribution >= 0.6 is 0 Å². The molecule has 0 saturated carbocycles. The van der Waals surface area contributed by atoms with E-state index in [4.69, 9.17) is 6.42 Å². The van der Waals surface area contributed by atoms with Gasteiger partial charge in [-0.3, -0.25) is 14.8 Å². The third-order valence-electron chi connectivity index (χ3n) is 1.80. The molecule has 15 heavy (non-hydrogen) atoms. The lowest BCUT2D eigenvalue weighted by atomic mass is 10.3. The van der Waals surface area contributed by atoms with E-state index in [9.17, 15) is 10.1 Å². The third kappa shape index (κ3) is 2.98. The summed E-state index contributed by atoms with van der Waals surface area (Å²) < 4.78 is 1.40. The second kappa shape index (κ2) is 5.00. The molecule has 0 fully saturated rings. The fraction of sp³-hybridized carbons (Fsp3) is 0.444. The Hall–Kier alpha value is -2.03. The SMILES string of the molecule is C#CCCCNc1nn(C)cc1[N+](=O)[O-]. The number of aryl methyl sites for hydroxylation is 1. The molecule has 1 heterocycles. The maximum Gasteiger partial charge on any atom is 0.330 e. The van der Waals surface area contributed by atoms with Crippen LogP contribution in [0.5, 0.6) is 0 Å². The second-order valence-electron chi connectivity index (χ2n) is 3.03. The molecule has 0 aliphatic carbocycles. The number of hydrogen-bond acceptors (Lipinski definition) is 4. The molecule has 1 rings (SSSR count). The minimum Gasteiger partial charge on any atom is -0.363 e. The van der Waals surface area contributed by atoms with E-state index in [0.717, 1.165) is 6.42 Å². The van der Waals surface area contributed by atoms with Gasteiger partial charge in [0.05, 0.1) is 4.92 Å². The van der Waals surface area contributed by atoms with Gasteiger partial charge in [-0.05, 0) is 6.42 Å². The first-order valence-electron chi connectivity index (χ1n) is 4.50. The lowest BCUT2D eigenvalue weighted by Gasteiger charge is -1.99. The summed E-state index contributed by atoms with van der Waals surface area (Å²) >= 11 is 0. The van der Waals surface area contributed by atoms with E-state index in [-0.39, 0.29) is 5.69 Å². The van der Waals surface area contributed by atoms with Crippen LogP contribution in [0.3, 0.4) is 0 Å². The van der Waals surface area contributed by atoms with Gasteiger partial charge in [0.25, 0.3) is 0 Å². The second-order valence-corrected chi connectivity index (χ2v) is 3.03. The van der Waals surface area contributed by atoms with E-state index in [1.54, 1.807) is 7.05 Å². The summed E-state index contributed by atoms with van der Waals surface area (Å²) in [5.74, 6) is 2.79. The molecule has 0 radical (unpaired) electrons. The van der Waals surface area contributed by atoms with Gasteiger partial charge in [-0.1, -0.05) is 0 Å². The topological polar surface area (TPSA) is 73.0 Å². The van der Waals surface area contributed by atoms with Crippen molar-refractivity contribution >= 4 is 11.5 Å². The highest BCUT2D eigenvalue weighted by atomic mass is 16.6. The zero-order valence-corrected chi connectivity index (χ0v) is 8.43. The molecule has 6 heteroatoms. The maximum atomic E-state index is 10.6. The van der Waals surface area contributed by atoms with Crippen LogP contribution in [0.15, 0.2) is 6.20 Å². The van der Waals surface area contributed by atoms with E-state index in [0.29, 0.717) is 18.8 Å². The number of nitro groups is 1. The predicted molar refractivity (Wildman–Crippen MR) is 56.4 cm³/mol. The zero-order chi connectivity index (χ0) is 11.3. The van der Waals surface area contributed by atoms with Crippen molar-refractivity contribution in [1.82, 2.24) is 9.78 Å². The normalized spacial score (nSPS) is 9.60. The van der Waals surface area contributed by atoms with Gasteiger partial charge >= 0.3 is 5.69 Å². The van der Waals surface area contributed by atoms with Crippen molar-refractivity contribution < 1.29 is 4.92 Å². The number of hydrogen-bond donors (Lipinski definition) is 1. The van der Waals surface area contributed by atoms with Crippen molar-refractivity contribution in [1.29, 1.82) is 0 Å². The lowest BCUT2D eigenvalue weighted by Crippen LogP contribution is -2.04. The Labute approximate surface area is 87.4 Å². The van der Waals surface area contributed by atoms with E-state index in [2.05, 4.69) is 16.3 Å². The number of nitrogens with zero attached hydrogens (tertiary/aromatic N) is 3. The van der Waals surface area contributed by atoms with Crippen molar-refractivity contribution in [2.45, 2.75) is 12.8 Å². The lowest BCUT2D eigenvalue weighted by molar-refractivity contribution is -0.384. The van der Waals surface area contributed by atoms with Gasteiger partial charge in [-0.2, -0.15) is 0 Å². The maximum absolute atomic E-state index is 10.6. The van der Waals surface area contributed by atoms with Gasteiger partial charge in [0, 0.05) is 20.0 Å². The molecule has 6 nitrogen and oxygen atoms in total. The molecule has 0 saturated heterocycles. The molecule has 1 aromatic heterocycles. The number of aromatic nitrogens is 2. The van der Waals surface area contributed by atoms with Crippen molar-refractivity contribution in [2.75, 3.05) is 11.9 Å². The molecule has 0 aliphatic rings. The van der Waals surface area contributed by atoms with Crippen LogP contribution in [-0.2, 0) is 7.05 Å². The van der Waals surface area contributed by atoms with E-state index >= 15 is 0 Å². The Balaban J connectivity index is 2.60. The molecule has 0 amide bonds. The molecule has 0 unspecified atom stereocenters. The Bertz CT molecular complexity index is 391. The summed E-state index contributed by atoms with van der Waals surface area (Å²) in [5.41, 5.74) is -0.0155. The largest absolute Gasteiger partial charge is 0.363 e. The van der Waals surface area contributed by atoms with Crippen molar-refractivity contribution in [3.05, 3.63) is 16.3 Å². The van der Waals surface area contributed by atoms with Crippen molar-refractivity contribution in [3.8, 4) is 12.3 Å². The first kappa shape index (κ1) is 11.0. The number of rotatable bonds is 5. The third-order valence-corrected chi connectivity index (χ3v) is 1.80. The van der Waals surface area contributed by atoms with E-state index in [1.165, 1.54) is 10.9 Å².